The van der Waals surface area contributed by atoms with Crippen LogP contribution in [0.1, 0.15) is 58.3 Å². The van der Waals surface area contributed by atoms with Gasteiger partial charge in [-0.3, -0.25) is 4.79 Å². The molecule has 0 aromatic heterocycles. The SMILES string of the molecule is CC[C@]12CCC3C(C1CC[C@@]21C=CCO1)[C@H](CO)CC1=CC(=O)CC[C@@H]13. The van der Waals surface area contributed by atoms with E-state index < -0.39 is 0 Å². The van der Waals surface area contributed by atoms with E-state index in [9.17, 15) is 9.90 Å². The van der Waals surface area contributed by atoms with E-state index >= 15 is 0 Å². The third kappa shape index (κ3) is 2.10. The first-order valence-electron chi connectivity index (χ1n) is 10.8. The van der Waals surface area contributed by atoms with Crippen molar-refractivity contribution in [1.29, 1.82) is 0 Å². The molecule has 3 saturated carbocycles. The summed E-state index contributed by atoms with van der Waals surface area (Å²) < 4.78 is 6.40. The molecule has 3 fully saturated rings. The van der Waals surface area contributed by atoms with Crippen LogP contribution < -0.4 is 0 Å². The lowest BCUT2D eigenvalue weighted by molar-refractivity contribution is -0.137. The summed E-state index contributed by atoms with van der Waals surface area (Å²) in [7, 11) is 0. The van der Waals surface area contributed by atoms with Crippen LogP contribution in [0.2, 0.25) is 0 Å². The Morgan fingerprint density at radius 1 is 1.27 bits per heavy atom. The average Bonchev–Trinajstić information content (AvgIpc) is 3.27. The standard InChI is InChI=1S/C23H32O3/c1-2-22-9-6-19-18-5-4-17(25)13-15(18)12-16(14-24)21(19)20(22)7-10-23(22)8-3-11-26-23/h3,8,13,16,18-21,24H,2,4-7,9-12,14H2,1H3/t16-,18-,19?,20?,21?,22-,23-/m0/s1. The van der Waals surface area contributed by atoms with E-state index in [2.05, 4.69) is 19.1 Å². The normalized spacial score (nSPS) is 49.7. The predicted octanol–water partition coefficient (Wildman–Crippen LogP) is 4.06. The van der Waals surface area contributed by atoms with E-state index in [1.807, 2.05) is 6.08 Å². The minimum atomic E-state index is -0.0456. The molecular weight excluding hydrogens is 324 g/mol. The minimum absolute atomic E-state index is 0.0456. The lowest BCUT2D eigenvalue weighted by atomic mass is 9.47. The monoisotopic (exact) mass is 356 g/mol. The highest BCUT2D eigenvalue weighted by molar-refractivity contribution is 5.91. The summed E-state index contributed by atoms with van der Waals surface area (Å²) >= 11 is 0. The first-order valence-corrected chi connectivity index (χ1v) is 10.8. The first kappa shape index (κ1) is 17.2. The maximum absolute atomic E-state index is 12.0. The molecular formula is C23H32O3. The molecule has 1 heterocycles. The summed E-state index contributed by atoms with van der Waals surface area (Å²) in [4.78, 5) is 12.0. The lowest BCUT2D eigenvalue weighted by Gasteiger charge is -2.58. The molecule has 3 unspecified atom stereocenters. The molecule has 142 valence electrons. The molecule has 3 nitrogen and oxygen atoms in total. The van der Waals surface area contributed by atoms with E-state index in [-0.39, 0.29) is 17.6 Å². The molecule has 0 amide bonds. The molecule has 5 rings (SSSR count). The summed E-state index contributed by atoms with van der Waals surface area (Å²) in [6, 6.07) is 0. The van der Waals surface area contributed by atoms with Crippen LogP contribution in [-0.2, 0) is 9.53 Å². The van der Waals surface area contributed by atoms with Crippen molar-refractivity contribution in [3.8, 4) is 0 Å². The van der Waals surface area contributed by atoms with Crippen molar-refractivity contribution in [3.05, 3.63) is 23.8 Å². The second-order valence-electron chi connectivity index (χ2n) is 9.52. The van der Waals surface area contributed by atoms with Crippen molar-refractivity contribution >= 4 is 5.78 Å². The van der Waals surface area contributed by atoms with Crippen molar-refractivity contribution in [2.45, 2.75) is 63.9 Å². The van der Waals surface area contributed by atoms with Crippen LogP contribution in [0.5, 0.6) is 0 Å². The van der Waals surface area contributed by atoms with Gasteiger partial charge >= 0.3 is 0 Å². The average molecular weight is 357 g/mol. The Balaban J connectivity index is 1.54. The van der Waals surface area contributed by atoms with Crippen molar-refractivity contribution in [1.82, 2.24) is 0 Å². The number of carbonyl (C=O) groups excluding carboxylic acids is 1. The van der Waals surface area contributed by atoms with Gasteiger partial charge in [-0.15, -0.1) is 0 Å². The Kier molecular flexibility index (Phi) is 3.99. The van der Waals surface area contributed by atoms with Gasteiger partial charge in [0.15, 0.2) is 5.78 Å². The van der Waals surface area contributed by atoms with Crippen LogP contribution in [-0.4, -0.2) is 29.7 Å². The van der Waals surface area contributed by atoms with Gasteiger partial charge < -0.3 is 9.84 Å². The van der Waals surface area contributed by atoms with Crippen molar-refractivity contribution in [3.63, 3.8) is 0 Å². The van der Waals surface area contributed by atoms with Gasteiger partial charge in [0.1, 0.15) is 0 Å². The zero-order valence-electron chi connectivity index (χ0n) is 16.0. The highest BCUT2D eigenvalue weighted by Gasteiger charge is 2.65. The van der Waals surface area contributed by atoms with Gasteiger partial charge in [-0.1, -0.05) is 24.6 Å². The molecule has 1 spiro atoms. The summed E-state index contributed by atoms with van der Waals surface area (Å²) in [6.45, 7) is 3.39. The minimum Gasteiger partial charge on any atom is -0.396 e. The summed E-state index contributed by atoms with van der Waals surface area (Å²) in [5.41, 5.74) is 1.56. The molecule has 0 bridgehead atoms. The predicted molar refractivity (Wildman–Crippen MR) is 100 cm³/mol. The number of hydrogen-bond acceptors (Lipinski definition) is 3. The molecule has 5 aliphatic rings. The number of carbonyl (C=O) groups is 1. The Morgan fingerprint density at radius 3 is 2.88 bits per heavy atom. The molecule has 1 aliphatic heterocycles. The third-order valence-corrected chi connectivity index (χ3v) is 9.04. The fourth-order valence-electron chi connectivity index (χ4n) is 8.11. The summed E-state index contributed by atoms with van der Waals surface area (Å²) in [6.07, 6.45) is 15.3. The van der Waals surface area contributed by atoms with E-state index in [1.165, 1.54) is 31.3 Å². The van der Waals surface area contributed by atoms with Crippen LogP contribution in [0.3, 0.4) is 0 Å². The number of hydrogen-bond donors (Lipinski definition) is 1. The van der Waals surface area contributed by atoms with Crippen LogP contribution in [0.25, 0.3) is 0 Å². The smallest absolute Gasteiger partial charge is 0.155 e. The number of ether oxygens (including phenoxy) is 1. The Labute approximate surface area is 156 Å². The fraction of sp³-hybridized carbons (Fsp3) is 0.783. The van der Waals surface area contributed by atoms with Gasteiger partial charge in [0, 0.05) is 18.4 Å². The second-order valence-corrected chi connectivity index (χ2v) is 9.52. The van der Waals surface area contributed by atoms with Crippen LogP contribution >= 0.6 is 0 Å². The third-order valence-electron chi connectivity index (χ3n) is 9.04. The van der Waals surface area contributed by atoms with E-state index in [4.69, 9.17) is 4.74 Å². The summed E-state index contributed by atoms with van der Waals surface area (Å²) in [5, 5.41) is 10.3. The Bertz CT molecular complexity index is 664. The van der Waals surface area contributed by atoms with Crippen LogP contribution in [0, 0.1) is 35.0 Å². The molecule has 0 saturated heterocycles. The van der Waals surface area contributed by atoms with Gasteiger partial charge in [-0.2, -0.15) is 0 Å². The summed E-state index contributed by atoms with van der Waals surface area (Å²) in [5.74, 6) is 3.13. The molecule has 3 heteroatoms. The number of rotatable bonds is 2. The van der Waals surface area contributed by atoms with Gasteiger partial charge in [-0.25, -0.2) is 0 Å². The molecule has 0 aromatic carbocycles. The van der Waals surface area contributed by atoms with Gasteiger partial charge in [0.05, 0.1) is 12.2 Å². The van der Waals surface area contributed by atoms with E-state index in [0.29, 0.717) is 35.4 Å². The van der Waals surface area contributed by atoms with Crippen molar-refractivity contribution in [2.75, 3.05) is 13.2 Å². The van der Waals surface area contributed by atoms with E-state index in [1.54, 1.807) is 0 Å². The quantitative estimate of drug-likeness (QED) is 0.759. The first-order chi connectivity index (χ1) is 12.6. The molecule has 1 N–H and O–H groups in total. The number of ketones is 1. The highest BCUT2D eigenvalue weighted by Crippen LogP contribution is 2.68. The second kappa shape index (κ2) is 6.04. The van der Waals surface area contributed by atoms with Crippen LogP contribution in [0.15, 0.2) is 23.8 Å². The largest absolute Gasteiger partial charge is 0.396 e. The Hall–Kier alpha value is -0.930. The van der Waals surface area contributed by atoms with Gasteiger partial charge in [-0.05, 0) is 80.6 Å². The maximum atomic E-state index is 12.0. The Morgan fingerprint density at radius 2 is 2.15 bits per heavy atom. The number of allylic oxidation sites excluding steroid dienone is 1. The number of fused-ring (bicyclic) bond motifs is 6. The van der Waals surface area contributed by atoms with Gasteiger partial charge in [0.2, 0.25) is 0 Å². The topological polar surface area (TPSA) is 46.5 Å². The molecule has 26 heavy (non-hydrogen) atoms. The molecule has 0 aromatic rings. The molecule has 0 radical (unpaired) electrons. The fourth-order valence-corrected chi connectivity index (χ4v) is 8.11. The maximum Gasteiger partial charge on any atom is 0.155 e. The zero-order valence-corrected chi connectivity index (χ0v) is 16.0. The zero-order chi connectivity index (χ0) is 17.9. The van der Waals surface area contributed by atoms with Gasteiger partial charge in [0.25, 0.3) is 0 Å². The number of aliphatic hydroxyl groups is 1. The lowest BCUT2D eigenvalue weighted by Crippen LogP contribution is -2.55. The van der Waals surface area contributed by atoms with Crippen LogP contribution in [0.4, 0.5) is 0 Å². The molecule has 7 atom stereocenters. The highest BCUT2D eigenvalue weighted by atomic mass is 16.5. The van der Waals surface area contributed by atoms with Crippen molar-refractivity contribution in [2.24, 2.45) is 35.0 Å². The van der Waals surface area contributed by atoms with E-state index in [0.717, 1.165) is 32.3 Å². The number of aliphatic hydroxyl groups excluding tert-OH is 1. The van der Waals surface area contributed by atoms with Crippen molar-refractivity contribution < 1.29 is 14.6 Å². The molecule has 4 aliphatic carbocycles.